The molecule has 0 amide bonds. The Morgan fingerprint density at radius 2 is 1.89 bits per heavy atom. The van der Waals surface area contributed by atoms with Crippen molar-refractivity contribution in [2.24, 2.45) is 0 Å². The van der Waals surface area contributed by atoms with Crippen LogP contribution in [0.5, 0.6) is 0 Å². The molecule has 1 unspecified atom stereocenters. The molecule has 0 radical (unpaired) electrons. The van der Waals surface area contributed by atoms with Crippen molar-refractivity contribution in [1.82, 2.24) is 14.9 Å². The van der Waals surface area contributed by atoms with E-state index < -0.39 is 0 Å². The Labute approximate surface area is 111 Å². The minimum Gasteiger partial charge on any atom is -0.394 e. The van der Waals surface area contributed by atoms with Gasteiger partial charge in [-0.2, -0.15) is 0 Å². The second kappa shape index (κ2) is 5.19. The maximum Gasteiger partial charge on any atom is 0.323 e. The Kier molecular flexibility index (Phi) is 3.40. The van der Waals surface area contributed by atoms with Crippen molar-refractivity contribution >= 4 is 11.0 Å². The van der Waals surface area contributed by atoms with Crippen molar-refractivity contribution in [3.8, 4) is 0 Å². The number of benzene rings is 1. The van der Waals surface area contributed by atoms with Crippen LogP contribution >= 0.6 is 0 Å². The van der Waals surface area contributed by atoms with E-state index in [1.54, 1.807) is 0 Å². The highest BCUT2D eigenvalue weighted by Gasteiger charge is 2.21. The summed E-state index contributed by atoms with van der Waals surface area (Å²) < 4.78 is 0. The minimum absolute atomic E-state index is 0.0307. The van der Waals surface area contributed by atoms with Gasteiger partial charge in [0.05, 0.1) is 23.7 Å². The topological polar surface area (TPSA) is 72.1 Å². The molecule has 1 aliphatic heterocycles. The number of aliphatic hydroxyl groups excluding tert-OH is 1. The van der Waals surface area contributed by atoms with Gasteiger partial charge in [0, 0.05) is 0 Å². The first kappa shape index (κ1) is 12.4. The van der Waals surface area contributed by atoms with Crippen molar-refractivity contribution in [2.45, 2.75) is 25.3 Å². The smallest absolute Gasteiger partial charge is 0.323 e. The zero-order chi connectivity index (χ0) is 13.2. The van der Waals surface area contributed by atoms with Crippen LogP contribution in [0.1, 0.15) is 30.9 Å². The highest BCUT2D eigenvalue weighted by molar-refractivity contribution is 5.75. The molecule has 3 N–H and O–H groups in total. The molecule has 0 aliphatic carbocycles. The number of hydrogen-bond donors (Lipinski definition) is 3. The van der Waals surface area contributed by atoms with E-state index >= 15 is 0 Å². The second-order valence-electron chi connectivity index (χ2n) is 5.18. The van der Waals surface area contributed by atoms with Gasteiger partial charge in [0.15, 0.2) is 0 Å². The number of nitrogens with zero attached hydrogens (tertiary/aromatic N) is 1. The van der Waals surface area contributed by atoms with Gasteiger partial charge in [0.1, 0.15) is 0 Å². The number of aliphatic hydroxyl groups is 1. The van der Waals surface area contributed by atoms with Crippen LogP contribution < -0.4 is 5.69 Å². The molecule has 0 spiro atoms. The van der Waals surface area contributed by atoms with Gasteiger partial charge in [-0.1, -0.05) is 12.5 Å². The van der Waals surface area contributed by atoms with Crippen LogP contribution in [-0.2, 0) is 0 Å². The number of likely N-dealkylation sites (tertiary alicyclic amines) is 1. The molecule has 19 heavy (non-hydrogen) atoms. The van der Waals surface area contributed by atoms with Gasteiger partial charge in [-0.25, -0.2) is 4.79 Å². The number of rotatable bonds is 3. The molecule has 1 saturated heterocycles. The fourth-order valence-electron chi connectivity index (χ4n) is 2.92. The fourth-order valence-corrected chi connectivity index (χ4v) is 2.92. The van der Waals surface area contributed by atoms with E-state index in [1.165, 1.54) is 19.3 Å². The number of imidazole rings is 1. The number of hydrogen-bond acceptors (Lipinski definition) is 3. The summed E-state index contributed by atoms with van der Waals surface area (Å²) in [6.07, 6.45) is 3.66. The lowest BCUT2D eigenvalue weighted by Gasteiger charge is -2.33. The Bertz CT molecular complexity index is 610. The molecule has 5 heteroatoms. The maximum atomic E-state index is 11.3. The van der Waals surface area contributed by atoms with E-state index in [0.29, 0.717) is 0 Å². The van der Waals surface area contributed by atoms with Crippen molar-refractivity contribution < 1.29 is 5.11 Å². The van der Waals surface area contributed by atoms with Crippen LogP contribution in [0.4, 0.5) is 0 Å². The Hall–Kier alpha value is -1.59. The lowest BCUT2D eigenvalue weighted by atomic mass is 10.0. The summed E-state index contributed by atoms with van der Waals surface area (Å²) >= 11 is 0. The molecule has 5 nitrogen and oxygen atoms in total. The van der Waals surface area contributed by atoms with Gasteiger partial charge in [-0.3, -0.25) is 4.90 Å². The van der Waals surface area contributed by atoms with E-state index in [-0.39, 0.29) is 18.3 Å². The first-order valence-corrected chi connectivity index (χ1v) is 6.85. The molecule has 3 rings (SSSR count). The molecule has 1 aromatic heterocycles. The summed E-state index contributed by atoms with van der Waals surface area (Å²) in [4.78, 5) is 19.1. The van der Waals surface area contributed by atoms with E-state index in [0.717, 1.165) is 29.7 Å². The van der Waals surface area contributed by atoms with Crippen LogP contribution in [0.25, 0.3) is 11.0 Å². The van der Waals surface area contributed by atoms with Crippen molar-refractivity contribution in [1.29, 1.82) is 0 Å². The highest BCUT2D eigenvalue weighted by Crippen LogP contribution is 2.25. The number of H-pyrrole nitrogens is 2. The number of nitrogens with one attached hydrogen (secondary N) is 2. The molecule has 2 heterocycles. The number of piperidine rings is 1. The van der Waals surface area contributed by atoms with Gasteiger partial charge in [0.2, 0.25) is 0 Å². The van der Waals surface area contributed by atoms with Crippen LogP contribution in [0.3, 0.4) is 0 Å². The van der Waals surface area contributed by atoms with Gasteiger partial charge in [0.25, 0.3) is 0 Å². The predicted molar refractivity (Wildman–Crippen MR) is 74.2 cm³/mol. The third kappa shape index (κ3) is 2.43. The molecule has 0 saturated carbocycles. The van der Waals surface area contributed by atoms with Crippen molar-refractivity contribution in [2.75, 3.05) is 19.7 Å². The predicted octanol–water partition coefficient (Wildman–Crippen LogP) is 1.38. The molecule has 1 aliphatic rings. The Balaban J connectivity index is 1.93. The zero-order valence-electron chi connectivity index (χ0n) is 10.9. The summed E-state index contributed by atoms with van der Waals surface area (Å²) in [5.41, 5.74) is 2.49. The third-order valence-corrected chi connectivity index (χ3v) is 3.93. The maximum absolute atomic E-state index is 11.3. The summed E-state index contributed by atoms with van der Waals surface area (Å²) in [5.74, 6) is 0. The Morgan fingerprint density at radius 1 is 1.16 bits per heavy atom. The van der Waals surface area contributed by atoms with Crippen LogP contribution in [0.2, 0.25) is 0 Å². The number of aromatic nitrogens is 2. The van der Waals surface area contributed by atoms with Crippen molar-refractivity contribution in [3.63, 3.8) is 0 Å². The van der Waals surface area contributed by atoms with Crippen molar-refractivity contribution in [3.05, 3.63) is 34.2 Å². The van der Waals surface area contributed by atoms with Crippen LogP contribution in [0, 0.1) is 0 Å². The number of aromatic amines is 2. The minimum atomic E-state index is -0.189. The second-order valence-corrected chi connectivity index (χ2v) is 5.18. The molecule has 1 atom stereocenters. The molecular weight excluding hydrogens is 242 g/mol. The first-order chi connectivity index (χ1) is 9.28. The molecular formula is C14H19N3O2. The van der Waals surface area contributed by atoms with Gasteiger partial charge >= 0.3 is 5.69 Å². The monoisotopic (exact) mass is 261 g/mol. The third-order valence-electron chi connectivity index (χ3n) is 3.93. The van der Waals surface area contributed by atoms with Gasteiger partial charge in [-0.05, 0) is 43.6 Å². The summed E-state index contributed by atoms with van der Waals surface area (Å²) in [6, 6.07) is 5.88. The molecule has 1 aromatic carbocycles. The van der Waals surface area contributed by atoms with Gasteiger partial charge in [-0.15, -0.1) is 0 Å². The average Bonchev–Trinajstić information content (AvgIpc) is 2.80. The molecule has 102 valence electrons. The van der Waals surface area contributed by atoms with E-state index in [9.17, 15) is 9.90 Å². The number of fused-ring (bicyclic) bond motifs is 1. The van der Waals surface area contributed by atoms with E-state index in [1.807, 2.05) is 18.2 Å². The first-order valence-electron chi connectivity index (χ1n) is 6.85. The lowest BCUT2D eigenvalue weighted by molar-refractivity contribution is 0.104. The van der Waals surface area contributed by atoms with Crippen LogP contribution in [-0.4, -0.2) is 39.7 Å². The SMILES string of the molecule is O=c1[nH]c2ccc(C(CO)N3CCCCC3)cc2[nH]1. The average molecular weight is 261 g/mol. The standard InChI is InChI=1S/C14H19N3O2/c18-9-13(17-6-2-1-3-7-17)10-4-5-11-12(8-10)16-14(19)15-11/h4-5,8,13,18H,1-3,6-7,9H2,(H2,15,16,19). The van der Waals surface area contributed by atoms with E-state index in [2.05, 4.69) is 14.9 Å². The summed E-state index contributed by atoms with van der Waals surface area (Å²) in [7, 11) is 0. The largest absolute Gasteiger partial charge is 0.394 e. The molecule has 1 fully saturated rings. The van der Waals surface area contributed by atoms with Gasteiger partial charge < -0.3 is 15.1 Å². The normalized spacial score (nSPS) is 18.8. The molecule has 2 aromatic rings. The van der Waals surface area contributed by atoms with Crippen LogP contribution in [0.15, 0.2) is 23.0 Å². The summed E-state index contributed by atoms with van der Waals surface area (Å²) in [5, 5.41) is 9.69. The Morgan fingerprint density at radius 3 is 2.63 bits per heavy atom. The lowest BCUT2D eigenvalue weighted by Crippen LogP contribution is -2.35. The molecule has 0 bridgehead atoms. The summed E-state index contributed by atoms with van der Waals surface area (Å²) in [6.45, 7) is 2.18. The fraction of sp³-hybridized carbons (Fsp3) is 0.500. The quantitative estimate of drug-likeness (QED) is 0.781. The zero-order valence-corrected chi connectivity index (χ0v) is 10.9. The highest BCUT2D eigenvalue weighted by atomic mass is 16.3. The van der Waals surface area contributed by atoms with E-state index in [4.69, 9.17) is 0 Å².